The van der Waals surface area contributed by atoms with Crippen LogP contribution < -0.4 is 5.32 Å². The Bertz CT molecular complexity index is 882. The van der Waals surface area contributed by atoms with Crippen LogP contribution in [0.1, 0.15) is 64.4 Å². The molecule has 1 spiro atoms. The van der Waals surface area contributed by atoms with Crippen molar-refractivity contribution in [2.45, 2.75) is 83.3 Å². The first-order chi connectivity index (χ1) is 16.3. The van der Waals surface area contributed by atoms with Gasteiger partial charge >= 0.3 is 11.9 Å². The van der Waals surface area contributed by atoms with Gasteiger partial charge in [0.2, 0.25) is 5.91 Å². The smallest absolute Gasteiger partial charge is 0.326 e. The second kappa shape index (κ2) is 10.5. The summed E-state index contributed by atoms with van der Waals surface area (Å²) in [6, 6.07) is 7.79. The molecule has 2 bridgehead atoms. The molecule has 4 atom stereocenters. The van der Waals surface area contributed by atoms with Crippen molar-refractivity contribution in [1.29, 1.82) is 0 Å². The van der Waals surface area contributed by atoms with E-state index in [9.17, 15) is 19.5 Å². The molecule has 186 valence electrons. The third-order valence-electron chi connectivity index (χ3n) is 8.39. The van der Waals surface area contributed by atoms with Crippen molar-refractivity contribution < 1.29 is 24.2 Å². The number of hydrogen-bond acceptors (Lipinski definition) is 5. The lowest BCUT2D eigenvalue weighted by atomic mass is 9.55. The van der Waals surface area contributed by atoms with Gasteiger partial charge in [0.1, 0.15) is 12.1 Å². The zero-order chi connectivity index (χ0) is 24.3. The third-order valence-corrected chi connectivity index (χ3v) is 8.39. The lowest BCUT2D eigenvalue weighted by Crippen LogP contribution is -2.54. The van der Waals surface area contributed by atoms with Crippen molar-refractivity contribution in [3.63, 3.8) is 0 Å². The number of carboxylic acids is 1. The molecule has 1 amide bonds. The topological polar surface area (TPSA) is 95.9 Å². The van der Waals surface area contributed by atoms with Gasteiger partial charge in [-0.15, -0.1) is 0 Å². The Hall–Kier alpha value is -2.41. The Morgan fingerprint density at radius 2 is 1.85 bits per heavy atom. The number of carboxylic acid groups (broad SMARTS) is 1. The molecule has 4 fully saturated rings. The van der Waals surface area contributed by atoms with Crippen molar-refractivity contribution in [3.05, 3.63) is 35.9 Å². The largest absolute Gasteiger partial charge is 0.480 e. The van der Waals surface area contributed by atoms with E-state index < -0.39 is 24.1 Å². The van der Waals surface area contributed by atoms with Gasteiger partial charge in [0.15, 0.2) is 0 Å². The van der Waals surface area contributed by atoms with E-state index in [2.05, 4.69) is 5.32 Å². The molecule has 1 saturated heterocycles. The highest BCUT2D eigenvalue weighted by atomic mass is 16.5. The molecule has 1 aliphatic heterocycles. The molecular weight excluding hydrogens is 432 g/mol. The predicted octanol–water partition coefficient (Wildman–Crippen LogP) is 3.41. The number of amides is 1. The fourth-order valence-electron chi connectivity index (χ4n) is 6.72. The molecule has 3 saturated carbocycles. The van der Waals surface area contributed by atoms with Crippen LogP contribution in [-0.2, 0) is 25.5 Å². The van der Waals surface area contributed by atoms with Gasteiger partial charge in [-0.2, -0.15) is 0 Å². The van der Waals surface area contributed by atoms with Crippen molar-refractivity contribution in [3.8, 4) is 0 Å². The number of rotatable bonds is 9. The summed E-state index contributed by atoms with van der Waals surface area (Å²) in [4.78, 5) is 39.9. The van der Waals surface area contributed by atoms with E-state index in [1.165, 1.54) is 12.8 Å². The summed E-state index contributed by atoms with van der Waals surface area (Å²) in [6.07, 6.45) is 7.53. The normalized spacial score (nSPS) is 29.7. The van der Waals surface area contributed by atoms with E-state index in [0.717, 1.165) is 24.8 Å². The molecule has 7 nitrogen and oxygen atoms in total. The number of ether oxygens (including phenoxy) is 1. The molecule has 5 rings (SSSR count). The Morgan fingerprint density at radius 3 is 2.44 bits per heavy atom. The van der Waals surface area contributed by atoms with Crippen LogP contribution in [0.3, 0.4) is 0 Å². The van der Waals surface area contributed by atoms with Crippen LogP contribution in [0.4, 0.5) is 0 Å². The summed E-state index contributed by atoms with van der Waals surface area (Å²) in [5.74, 6) is -0.366. The average molecular weight is 471 g/mol. The summed E-state index contributed by atoms with van der Waals surface area (Å²) < 4.78 is 5.26. The maximum atomic E-state index is 13.5. The van der Waals surface area contributed by atoms with Gasteiger partial charge in [-0.3, -0.25) is 14.9 Å². The standard InChI is InChI=1S/C27H38N2O5/c1-3-34-26(33)22(14-11-19-7-5-4-6-8-19)28-18(2)24(30)29-17-27(16-23(29)25(31)32)15-20-9-12-21(27)13-10-20/h4-8,18,20-23,28H,3,9-17H2,1-2H3,(H,31,32)/t18-,20?,21?,22-,23+,27-/m1/s1. The molecule has 7 heteroatoms. The molecule has 34 heavy (non-hydrogen) atoms. The molecule has 1 aromatic carbocycles. The number of aryl methyl sites for hydroxylation is 1. The Balaban J connectivity index is 1.45. The maximum Gasteiger partial charge on any atom is 0.326 e. The SMILES string of the molecule is CCOC(=O)[C@@H](CCc1ccccc1)N[C@H](C)C(=O)N1C[C@@]2(CC3CCC2CC3)C[C@H]1C(=O)O. The van der Waals surface area contributed by atoms with Gasteiger partial charge in [0.05, 0.1) is 12.6 Å². The van der Waals surface area contributed by atoms with Crippen molar-refractivity contribution in [1.82, 2.24) is 10.2 Å². The Morgan fingerprint density at radius 1 is 1.15 bits per heavy atom. The van der Waals surface area contributed by atoms with Gasteiger partial charge in [0.25, 0.3) is 0 Å². The maximum absolute atomic E-state index is 13.5. The third kappa shape index (κ3) is 5.14. The summed E-state index contributed by atoms with van der Waals surface area (Å²) in [7, 11) is 0. The number of hydrogen-bond donors (Lipinski definition) is 2. The van der Waals surface area contributed by atoms with E-state index in [0.29, 0.717) is 37.6 Å². The highest BCUT2D eigenvalue weighted by Crippen LogP contribution is 2.57. The van der Waals surface area contributed by atoms with E-state index in [4.69, 9.17) is 4.74 Å². The first-order valence-electron chi connectivity index (χ1n) is 12.8. The Labute approximate surface area is 202 Å². The summed E-state index contributed by atoms with van der Waals surface area (Å²) in [6.45, 7) is 4.28. The van der Waals surface area contributed by atoms with Crippen LogP contribution in [-0.4, -0.2) is 59.1 Å². The summed E-state index contributed by atoms with van der Waals surface area (Å²) >= 11 is 0. The van der Waals surface area contributed by atoms with E-state index in [1.807, 2.05) is 30.3 Å². The second-order valence-corrected chi connectivity index (χ2v) is 10.5. The molecule has 3 aliphatic carbocycles. The highest BCUT2D eigenvalue weighted by molar-refractivity contribution is 5.88. The van der Waals surface area contributed by atoms with Crippen molar-refractivity contribution >= 4 is 17.8 Å². The first-order valence-corrected chi connectivity index (χ1v) is 12.8. The van der Waals surface area contributed by atoms with Crippen LogP contribution in [0.15, 0.2) is 30.3 Å². The first kappa shape index (κ1) is 24.7. The molecule has 0 aromatic heterocycles. The minimum atomic E-state index is -0.926. The van der Waals surface area contributed by atoms with E-state index >= 15 is 0 Å². The number of aliphatic carboxylic acids is 1. The van der Waals surface area contributed by atoms with Crippen LogP contribution in [0.25, 0.3) is 0 Å². The number of carbonyl (C=O) groups excluding carboxylic acids is 2. The number of likely N-dealkylation sites (tertiary alicyclic amines) is 1. The number of esters is 1. The number of nitrogens with one attached hydrogen (secondary N) is 1. The van der Waals surface area contributed by atoms with Gasteiger partial charge in [0, 0.05) is 6.54 Å². The number of benzene rings is 1. The molecular formula is C27H38N2O5. The predicted molar refractivity (Wildman–Crippen MR) is 128 cm³/mol. The van der Waals surface area contributed by atoms with Gasteiger partial charge in [-0.1, -0.05) is 43.2 Å². The lowest BCUT2D eigenvalue weighted by Gasteiger charge is -2.50. The summed E-state index contributed by atoms with van der Waals surface area (Å²) in [5.41, 5.74) is 1.05. The van der Waals surface area contributed by atoms with Crippen LogP contribution in [0, 0.1) is 17.3 Å². The monoisotopic (exact) mass is 470 g/mol. The van der Waals surface area contributed by atoms with Gasteiger partial charge in [-0.25, -0.2) is 4.79 Å². The number of fused-ring (bicyclic) bond motifs is 2. The fourth-order valence-corrected chi connectivity index (χ4v) is 6.72. The average Bonchev–Trinajstić information content (AvgIpc) is 3.21. The molecule has 1 aromatic rings. The van der Waals surface area contributed by atoms with Gasteiger partial charge in [-0.05, 0) is 75.2 Å². The van der Waals surface area contributed by atoms with Crippen LogP contribution >= 0.6 is 0 Å². The minimum Gasteiger partial charge on any atom is -0.480 e. The number of nitrogens with zero attached hydrogens (tertiary/aromatic N) is 1. The minimum absolute atomic E-state index is 0.0620. The zero-order valence-corrected chi connectivity index (χ0v) is 20.4. The number of carbonyl (C=O) groups is 3. The van der Waals surface area contributed by atoms with Crippen LogP contribution in [0.5, 0.6) is 0 Å². The van der Waals surface area contributed by atoms with Gasteiger partial charge < -0.3 is 14.7 Å². The summed E-state index contributed by atoms with van der Waals surface area (Å²) in [5, 5.41) is 13.1. The molecule has 2 N–H and O–H groups in total. The van der Waals surface area contributed by atoms with E-state index in [-0.39, 0.29) is 23.9 Å². The fraction of sp³-hybridized carbons (Fsp3) is 0.667. The van der Waals surface area contributed by atoms with E-state index in [1.54, 1.807) is 18.7 Å². The van der Waals surface area contributed by atoms with Crippen LogP contribution in [0.2, 0.25) is 0 Å². The Kier molecular flexibility index (Phi) is 7.60. The quantitative estimate of drug-likeness (QED) is 0.537. The molecule has 0 radical (unpaired) electrons. The lowest BCUT2D eigenvalue weighted by molar-refractivity contribution is -0.150. The zero-order valence-electron chi connectivity index (χ0n) is 20.4. The molecule has 1 heterocycles. The second-order valence-electron chi connectivity index (χ2n) is 10.5. The van der Waals surface area contributed by atoms with Crippen molar-refractivity contribution in [2.24, 2.45) is 17.3 Å². The van der Waals surface area contributed by atoms with Crippen molar-refractivity contribution in [2.75, 3.05) is 13.2 Å². The molecule has 0 unspecified atom stereocenters. The highest BCUT2D eigenvalue weighted by Gasteiger charge is 2.56. The molecule has 4 aliphatic rings.